The number of nitrogens with zero attached hydrogens (tertiary/aromatic N) is 2. The average Bonchev–Trinajstić information content (AvgIpc) is 2.64. The number of hydrogen-bond acceptors (Lipinski definition) is 3. The standard InChI is InChI=1S/C16H24N4/c1-10-7-6-8-11(2)14(10)9-15(18-17)16-12(3)19-20(5)13(16)4/h6-8,15,18H,9,17H2,1-5H3. The molecule has 0 aliphatic carbocycles. The van der Waals surface area contributed by atoms with Gasteiger partial charge in [-0.05, 0) is 50.8 Å². The molecule has 1 aromatic carbocycles. The van der Waals surface area contributed by atoms with Gasteiger partial charge in [-0.3, -0.25) is 16.0 Å². The van der Waals surface area contributed by atoms with Crippen LogP contribution < -0.4 is 11.3 Å². The van der Waals surface area contributed by atoms with E-state index in [0.29, 0.717) is 0 Å². The van der Waals surface area contributed by atoms with Crippen LogP contribution in [-0.2, 0) is 13.5 Å². The highest BCUT2D eigenvalue weighted by Crippen LogP contribution is 2.26. The second kappa shape index (κ2) is 5.77. The Morgan fingerprint density at radius 3 is 2.25 bits per heavy atom. The molecule has 1 heterocycles. The Morgan fingerprint density at radius 1 is 1.20 bits per heavy atom. The predicted molar refractivity (Wildman–Crippen MR) is 82.4 cm³/mol. The Morgan fingerprint density at radius 2 is 1.80 bits per heavy atom. The van der Waals surface area contributed by atoms with Crippen LogP contribution in [0.3, 0.4) is 0 Å². The van der Waals surface area contributed by atoms with Crippen molar-refractivity contribution in [3.05, 3.63) is 51.8 Å². The normalized spacial score (nSPS) is 12.7. The molecule has 20 heavy (non-hydrogen) atoms. The summed E-state index contributed by atoms with van der Waals surface area (Å²) >= 11 is 0. The van der Waals surface area contributed by atoms with Gasteiger partial charge in [-0.15, -0.1) is 0 Å². The van der Waals surface area contributed by atoms with Crippen LogP contribution in [0.25, 0.3) is 0 Å². The van der Waals surface area contributed by atoms with Crippen molar-refractivity contribution in [3.8, 4) is 0 Å². The molecule has 0 saturated heterocycles. The predicted octanol–water partition coefficient (Wildman–Crippen LogP) is 2.40. The fourth-order valence-electron chi connectivity index (χ4n) is 2.91. The minimum absolute atomic E-state index is 0.0866. The fraction of sp³-hybridized carbons (Fsp3) is 0.438. The summed E-state index contributed by atoms with van der Waals surface area (Å²) in [6.45, 7) is 8.43. The Labute approximate surface area is 121 Å². The van der Waals surface area contributed by atoms with Crippen LogP contribution in [0, 0.1) is 27.7 Å². The zero-order valence-electron chi connectivity index (χ0n) is 13.0. The van der Waals surface area contributed by atoms with E-state index in [2.05, 4.69) is 49.5 Å². The number of aryl methyl sites for hydroxylation is 4. The van der Waals surface area contributed by atoms with Crippen LogP contribution in [0.2, 0.25) is 0 Å². The Balaban J connectivity index is 2.39. The molecule has 3 N–H and O–H groups in total. The highest BCUT2D eigenvalue weighted by atomic mass is 15.3. The highest BCUT2D eigenvalue weighted by molar-refractivity contribution is 5.37. The van der Waals surface area contributed by atoms with Crippen molar-refractivity contribution in [3.63, 3.8) is 0 Å². The van der Waals surface area contributed by atoms with Crippen LogP contribution >= 0.6 is 0 Å². The molecule has 1 atom stereocenters. The average molecular weight is 272 g/mol. The monoisotopic (exact) mass is 272 g/mol. The van der Waals surface area contributed by atoms with Crippen LogP contribution in [0.15, 0.2) is 18.2 Å². The summed E-state index contributed by atoms with van der Waals surface area (Å²) in [5, 5.41) is 4.49. The molecular weight excluding hydrogens is 248 g/mol. The SMILES string of the molecule is Cc1cccc(C)c1CC(NN)c1c(C)nn(C)c1C. The van der Waals surface area contributed by atoms with E-state index in [1.165, 1.54) is 22.3 Å². The third kappa shape index (κ3) is 2.62. The van der Waals surface area contributed by atoms with Crippen molar-refractivity contribution >= 4 is 0 Å². The van der Waals surface area contributed by atoms with Gasteiger partial charge in [0.2, 0.25) is 0 Å². The maximum atomic E-state index is 5.81. The summed E-state index contributed by atoms with van der Waals surface area (Å²) in [6.07, 6.45) is 0.877. The van der Waals surface area contributed by atoms with Crippen molar-refractivity contribution in [1.29, 1.82) is 0 Å². The number of nitrogens with two attached hydrogens (primary N) is 1. The number of aromatic nitrogens is 2. The van der Waals surface area contributed by atoms with Crippen molar-refractivity contribution in [2.24, 2.45) is 12.9 Å². The molecule has 0 saturated carbocycles. The fourth-order valence-corrected chi connectivity index (χ4v) is 2.91. The number of benzene rings is 1. The smallest absolute Gasteiger partial charge is 0.0644 e. The molecule has 0 spiro atoms. The summed E-state index contributed by atoms with van der Waals surface area (Å²) in [4.78, 5) is 0. The van der Waals surface area contributed by atoms with Crippen molar-refractivity contribution in [2.45, 2.75) is 40.2 Å². The van der Waals surface area contributed by atoms with E-state index in [9.17, 15) is 0 Å². The van der Waals surface area contributed by atoms with E-state index in [1.807, 2.05) is 18.7 Å². The molecule has 0 fully saturated rings. The second-order valence-electron chi connectivity index (χ2n) is 5.50. The minimum Gasteiger partial charge on any atom is -0.272 e. The first kappa shape index (κ1) is 14.8. The molecule has 1 unspecified atom stereocenters. The van der Waals surface area contributed by atoms with E-state index < -0.39 is 0 Å². The Hall–Kier alpha value is -1.65. The zero-order valence-corrected chi connectivity index (χ0v) is 13.0. The van der Waals surface area contributed by atoms with Gasteiger partial charge in [0.25, 0.3) is 0 Å². The lowest BCUT2D eigenvalue weighted by Gasteiger charge is -2.19. The van der Waals surface area contributed by atoms with Gasteiger partial charge in [-0.2, -0.15) is 5.10 Å². The minimum atomic E-state index is 0.0866. The van der Waals surface area contributed by atoms with Gasteiger partial charge < -0.3 is 0 Å². The molecule has 0 aliphatic rings. The molecule has 108 valence electrons. The molecule has 0 radical (unpaired) electrons. The second-order valence-corrected chi connectivity index (χ2v) is 5.50. The molecule has 2 aromatic rings. The summed E-state index contributed by atoms with van der Waals surface area (Å²) in [5.74, 6) is 5.81. The first-order chi connectivity index (χ1) is 9.45. The van der Waals surface area contributed by atoms with Crippen molar-refractivity contribution < 1.29 is 0 Å². The molecule has 2 rings (SSSR count). The van der Waals surface area contributed by atoms with Gasteiger partial charge in [0.15, 0.2) is 0 Å². The number of hydrogen-bond donors (Lipinski definition) is 2. The largest absolute Gasteiger partial charge is 0.272 e. The third-order valence-electron chi connectivity index (χ3n) is 4.17. The van der Waals surface area contributed by atoms with Crippen LogP contribution in [0.4, 0.5) is 0 Å². The zero-order chi connectivity index (χ0) is 14.9. The highest BCUT2D eigenvalue weighted by Gasteiger charge is 2.20. The van der Waals surface area contributed by atoms with Crippen molar-refractivity contribution in [2.75, 3.05) is 0 Å². The Bertz CT molecular complexity index is 593. The third-order valence-corrected chi connectivity index (χ3v) is 4.17. The van der Waals surface area contributed by atoms with Crippen LogP contribution in [-0.4, -0.2) is 9.78 Å². The summed E-state index contributed by atoms with van der Waals surface area (Å²) in [5.41, 5.74) is 10.4. The van der Waals surface area contributed by atoms with E-state index >= 15 is 0 Å². The Kier molecular flexibility index (Phi) is 4.26. The quantitative estimate of drug-likeness (QED) is 0.664. The molecule has 4 heteroatoms. The molecule has 1 aromatic heterocycles. The van der Waals surface area contributed by atoms with Gasteiger partial charge in [0, 0.05) is 18.3 Å². The van der Waals surface area contributed by atoms with E-state index in [1.54, 1.807) is 0 Å². The summed E-state index contributed by atoms with van der Waals surface area (Å²) < 4.78 is 1.92. The van der Waals surface area contributed by atoms with Crippen molar-refractivity contribution in [1.82, 2.24) is 15.2 Å². The first-order valence-electron chi connectivity index (χ1n) is 6.97. The molecule has 0 amide bonds. The lowest BCUT2D eigenvalue weighted by molar-refractivity contribution is 0.543. The maximum Gasteiger partial charge on any atom is 0.0644 e. The number of nitrogens with one attached hydrogen (secondary N) is 1. The lowest BCUT2D eigenvalue weighted by atomic mass is 9.92. The van der Waals surface area contributed by atoms with Gasteiger partial charge >= 0.3 is 0 Å². The summed E-state index contributed by atoms with van der Waals surface area (Å²) in [7, 11) is 1.97. The van der Waals surface area contributed by atoms with Crippen LogP contribution in [0.1, 0.15) is 39.7 Å². The topological polar surface area (TPSA) is 55.9 Å². The summed E-state index contributed by atoms with van der Waals surface area (Å²) in [6, 6.07) is 6.49. The molecule has 0 bridgehead atoms. The van der Waals surface area contributed by atoms with E-state index in [4.69, 9.17) is 5.84 Å². The molecule has 4 nitrogen and oxygen atoms in total. The van der Waals surface area contributed by atoms with Gasteiger partial charge in [-0.25, -0.2) is 0 Å². The maximum absolute atomic E-state index is 5.81. The van der Waals surface area contributed by atoms with Gasteiger partial charge in [0.05, 0.1) is 11.7 Å². The van der Waals surface area contributed by atoms with Crippen LogP contribution in [0.5, 0.6) is 0 Å². The van der Waals surface area contributed by atoms with E-state index in [0.717, 1.165) is 17.8 Å². The van der Waals surface area contributed by atoms with Gasteiger partial charge in [-0.1, -0.05) is 18.2 Å². The molecule has 0 aliphatic heterocycles. The van der Waals surface area contributed by atoms with Gasteiger partial charge in [0.1, 0.15) is 0 Å². The molecular formula is C16H24N4. The number of hydrazine groups is 1. The first-order valence-corrected chi connectivity index (χ1v) is 6.97. The number of rotatable bonds is 4. The van der Waals surface area contributed by atoms with E-state index in [-0.39, 0.29) is 6.04 Å². The lowest BCUT2D eigenvalue weighted by Crippen LogP contribution is -2.30.